The van der Waals surface area contributed by atoms with Crippen LogP contribution in [0.2, 0.25) is 5.15 Å². The summed E-state index contributed by atoms with van der Waals surface area (Å²) in [7, 11) is 1.69. The number of ether oxygens (including phenoxy) is 1. The minimum absolute atomic E-state index is 0.147. The first kappa shape index (κ1) is 12.3. The maximum atomic E-state index is 11.8. The summed E-state index contributed by atoms with van der Waals surface area (Å²) in [6, 6.07) is 0.147. The van der Waals surface area contributed by atoms with Crippen molar-refractivity contribution in [3.63, 3.8) is 0 Å². The van der Waals surface area contributed by atoms with Crippen LogP contribution < -0.4 is 5.32 Å². The van der Waals surface area contributed by atoms with Crippen LogP contribution >= 0.6 is 11.6 Å². The Balaban J connectivity index is 1.94. The quantitative estimate of drug-likeness (QED) is 0.887. The van der Waals surface area contributed by atoms with E-state index in [1.165, 1.54) is 12.4 Å². The molecule has 92 valence electrons. The molecular formula is C11H14ClN3O2. The van der Waals surface area contributed by atoms with Gasteiger partial charge in [0.05, 0.1) is 18.5 Å². The van der Waals surface area contributed by atoms with E-state index >= 15 is 0 Å². The number of hydrogen-bond acceptors (Lipinski definition) is 4. The van der Waals surface area contributed by atoms with Crippen LogP contribution in [0.15, 0.2) is 12.4 Å². The molecule has 0 bridgehead atoms. The zero-order valence-corrected chi connectivity index (χ0v) is 10.3. The van der Waals surface area contributed by atoms with Gasteiger partial charge in [0.15, 0.2) is 0 Å². The highest BCUT2D eigenvalue weighted by Crippen LogP contribution is 2.21. The molecule has 5 nitrogen and oxygen atoms in total. The van der Waals surface area contributed by atoms with Crippen LogP contribution in [-0.2, 0) is 4.74 Å². The molecule has 17 heavy (non-hydrogen) atoms. The third kappa shape index (κ3) is 3.14. The summed E-state index contributed by atoms with van der Waals surface area (Å²) in [5.74, 6) is -0.234. The van der Waals surface area contributed by atoms with Crippen molar-refractivity contribution in [3.8, 4) is 0 Å². The summed E-state index contributed by atoms with van der Waals surface area (Å²) >= 11 is 5.68. The van der Waals surface area contributed by atoms with E-state index < -0.39 is 0 Å². The number of rotatable bonds is 3. The van der Waals surface area contributed by atoms with Crippen LogP contribution in [0.25, 0.3) is 0 Å². The fraction of sp³-hybridized carbons (Fsp3) is 0.545. The number of carbonyl (C=O) groups excluding carboxylic acids is 1. The van der Waals surface area contributed by atoms with Crippen LogP contribution in [0, 0.1) is 0 Å². The Labute approximate surface area is 105 Å². The summed E-state index contributed by atoms with van der Waals surface area (Å²) in [5, 5.41) is 3.13. The van der Waals surface area contributed by atoms with Gasteiger partial charge in [-0.05, 0) is 19.3 Å². The average Bonchev–Trinajstić information content (AvgIpc) is 2.77. The highest BCUT2D eigenvalue weighted by atomic mass is 35.5. The lowest BCUT2D eigenvalue weighted by Crippen LogP contribution is -2.34. The smallest absolute Gasteiger partial charge is 0.271 e. The molecular weight excluding hydrogens is 242 g/mol. The van der Waals surface area contributed by atoms with Crippen molar-refractivity contribution >= 4 is 17.5 Å². The number of nitrogens with one attached hydrogen (secondary N) is 1. The van der Waals surface area contributed by atoms with Crippen LogP contribution in [0.3, 0.4) is 0 Å². The minimum Gasteiger partial charge on any atom is -0.381 e. The van der Waals surface area contributed by atoms with Gasteiger partial charge in [-0.2, -0.15) is 0 Å². The number of nitrogens with zero attached hydrogens (tertiary/aromatic N) is 2. The first-order valence-corrected chi connectivity index (χ1v) is 5.88. The predicted octanol–water partition coefficient (Wildman–Crippen LogP) is 1.43. The fourth-order valence-corrected chi connectivity index (χ4v) is 2.14. The molecule has 6 heteroatoms. The van der Waals surface area contributed by atoms with Gasteiger partial charge < -0.3 is 10.1 Å². The van der Waals surface area contributed by atoms with E-state index in [9.17, 15) is 4.79 Å². The van der Waals surface area contributed by atoms with Crippen LogP contribution in [0.1, 0.15) is 29.8 Å². The van der Waals surface area contributed by atoms with E-state index in [4.69, 9.17) is 16.3 Å². The Hall–Kier alpha value is -1.20. The zero-order chi connectivity index (χ0) is 12.3. The Morgan fingerprint density at radius 2 is 2.35 bits per heavy atom. The lowest BCUT2D eigenvalue weighted by molar-refractivity contribution is 0.0910. The number of aromatic nitrogens is 2. The molecule has 1 aromatic rings. The van der Waals surface area contributed by atoms with Crippen molar-refractivity contribution in [2.24, 2.45) is 0 Å². The molecule has 2 unspecified atom stereocenters. The molecule has 0 saturated heterocycles. The van der Waals surface area contributed by atoms with Crippen LogP contribution in [-0.4, -0.2) is 35.1 Å². The Kier molecular flexibility index (Phi) is 3.91. The molecule has 1 aromatic heterocycles. The van der Waals surface area contributed by atoms with E-state index in [-0.39, 0.29) is 28.9 Å². The molecule has 0 aliphatic heterocycles. The molecule has 0 aromatic carbocycles. The largest absolute Gasteiger partial charge is 0.381 e. The van der Waals surface area contributed by atoms with Crippen LogP contribution in [0.4, 0.5) is 0 Å². The van der Waals surface area contributed by atoms with E-state index in [1.807, 2.05) is 0 Å². The third-order valence-corrected chi connectivity index (χ3v) is 3.07. The summed E-state index contributed by atoms with van der Waals surface area (Å²) in [6.07, 6.45) is 5.79. The SMILES string of the molecule is COC1CCC(NC(=O)c2cncc(Cl)n2)C1. The van der Waals surface area contributed by atoms with E-state index in [0.717, 1.165) is 19.3 Å². The molecule has 1 heterocycles. The van der Waals surface area contributed by atoms with E-state index in [1.54, 1.807) is 7.11 Å². The van der Waals surface area contributed by atoms with Gasteiger partial charge in [0, 0.05) is 13.2 Å². The van der Waals surface area contributed by atoms with Gasteiger partial charge in [-0.3, -0.25) is 9.78 Å². The maximum Gasteiger partial charge on any atom is 0.271 e. The zero-order valence-electron chi connectivity index (χ0n) is 9.52. The second kappa shape index (κ2) is 5.42. The standard InChI is InChI=1S/C11H14ClN3O2/c1-17-8-3-2-7(4-8)14-11(16)9-5-13-6-10(12)15-9/h5-8H,2-4H2,1H3,(H,14,16). The molecule has 1 amide bonds. The van der Waals surface area contributed by atoms with Gasteiger partial charge in [-0.15, -0.1) is 0 Å². The highest BCUT2D eigenvalue weighted by Gasteiger charge is 2.26. The molecule has 2 rings (SSSR count). The molecule has 2 atom stereocenters. The summed E-state index contributed by atoms with van der Waals surface area (Å²) < 4.78 is 5.25. The molecule has 0 radical (unpaired) electrons. The third-order valence-electron chi connectivity index (χ3n) is 2.89. The second-order valence-electron chi connectivity index (χ2n) is 4.07. The van der Waals surface area contributed by atoms with Gasteiger partial charge in [-0.25, -0.2) is 4.98 Å². The van der Waals surface area contributed by atoms with Gasteiger partial charge in [0.1, 0.15) is 10.8 Å². The Bertz CT molecular complexity index is 413. The van der Waals surface area contributed by atoms with Gasteiger partial charge in [0.2, 0.25) is 0 Å². The van der Waals surface area contributed by atoms with Crippen LogP contribution in [0.5, 0.6) is 0 Å². The van der Waals surface area contributed by atoms with E-state index in [2.05, 4.69) is 15.3 Å². The monoisotopic (exact) mass is 255 g/mol. The fourth-order valence-electron chi connectivity index (χ4n) is 2.00. The number of methoxy groups -OCH3 is 1. The average molecular weight is 256 g/mol. The molecule has 1 fully saturated rings. The lowest BCUT2D eigenvalue weighted by atomic mass is 10.2. The summed E-state index contributed by atoms with van der Waals surface area (Å²) in [6.45, 7) is 0. The first-order chi connectivity index (χ1) is 8.19. The number of halogens is 1. The van der Waals surface area contributed by atoms with E-state index in [0.29, 0.717) is 0 Å². The molecule has 1 aliphatic carbocycles. The molecule has 1 aliphatic rings. The number of hydrogen-bond donors (Lipinski definition) is 1. The molecule has 0 spiro atoms. The molecule has 1 saturated carbocycles. The van der Waals surface area contributed by atoms with Crippen molar-refractivity contribution in [3.05, 3.63) is 23.2 Å². The highest BCUT2D eigenvalue weighted by molar-refractivity contribution is 6.29. The first-order valence-electron chi connectivity index (χ1n) is 5.50. The number of amides is 1. The normalized spacial score (nSPS) is 23.6. The van der Waals surface area contributed by atoms with Gasteiger partial charge in [0.25, 0.3) is 5.91 Å². The maximum absolute atomic E-state index is 11.8. The number of carbonyl (C=O) groups is 1. The van der Waals surface area contributed by atoms with Gasteiger partial charge >= 0.3 is 0 Å². The predicted molar refractivity (Wildman–Crippen MR) is 62.9 cm³/mol. The Morgan fingerprint density at radius 3 is 3.00 bits per heavy atom. The lowest BCUT2D eigenvalue weighted by Gasteiger charge is -2.12. The topological polar surface area (TPSA) is 64.1 Å². The summed E-state index contributed by atoms with van der Waals surface area (Å²) in [4.78, 5) is 19.6. The minimum atomic E-state index is -0.234. The summed E-state index contributed by atoms with van der Waals surface area (Å²) in [5.41, 5.74) is 0.248. The van der Waals surface area contributed by atoms with Gasteiger partial charge in [-0.1, -0.05) is 11.6 Å². The second-order valence-corrected chi connectivity index (χ2v) is 4.46. The van der Waals surface area contributed by atoms with Crippen molar-refractivity contribution in [2.45, 2.75) is 31.4 Å². The van der Waals surface area contributed by atoms with Crippen molar-refractivity contribution < 1.29 is 9.53 Å². The van der Waals surface area contributed by atoms with Crippen molar-refractivity contribution in [1.29, 1.82) is 0 Å². The van der Waals surface area contributed by atoms with Crippen molar-refractivity contribution in [1.82, 2.24) is 15.3 Å². The van der Waals surface area contributed by atoms with Crippen molar-refractivity contribution in [2.75, 3.05) is 7.11 Å². The molecule has 1 N–H and O–H groups in total. The Morgan fingerprint density at radius 1 is 1.53 bits per heavy atom.